The molecule has 0 bridgehead atoms. The fourth-order valence-corrected chi connectivity index (χ4v) is 3.81. The SMILES string of the molecule is CC1CCN(CC(O)CSc2nc(-c3ccccc3)cn2N)CC1. The van der Waals surface area contributed by atoms with Gasteiger partial charge in [0, 0.05) is 17.9 Å². The van der Waals surface area contributed by atoms with Crippen molar-refractivity contribution in [1.29, 1.82) is 0 Å². The quantitative estimate of drug-likeness (QED) is 0.621. The lowest BCUT2D eigenvalue weighted by atomic mass is 9.99. The fraction of sp³-hybridized carbons (Fsp3) is 0.500. The van der Waals surface area contributed by atoms with E-state index in [1.807, 2.05) is 36.5 Å². The number of benzene rings is 1. The van der Waals surface area contributed by atoms with Crippen molar-refractivity contribution in [3.63, 3.8) is 0 Å². The summed E-state index contributed by atoms with van der Waals surface area (Å²) in [4.78, 5) is 6.94. The molecule has 3 rings (SSSR count). The van der Waals surface area contributed by atoms with Gasteiger partial charge in [-0.2, -0.15) is 0 Å². The Morgan fingerprint density at radius 1 is 1.29 bits per heavy atom. The fourth-order valence-electron chi connectivity index (χ4n) is 3.00. The number of imidazole rings is 1. The Bertz CT molecular complexity index is 638. The zero-order chi connectivity index (χ0) is 16.9. The zero-order valence-corrected chi connectivity index (χ0v) is 15.0. The van der Waals surface area contributed by atoms with Gasteiger partial charge in [-0.15, -0.1) is 0 Å². The number of aliphatic hydroxyl groups excluding tert-OH is 1. The van der Waals surface area contributed by atoms with Crippen LogP contribution in [0.1, 0.15) is 19.8 Å². The van der Waals surface area contributed by atoms with Crippen molar-refractivity contribution in [3.8, 4) is 11.3 Å². The van der Waals surface area contributed by atoms with Gasteiger partial charge in [-0.3, -0.25) is 0 Å². The normalized spacial score (nSPS) is 17.9. The van der Waals surface area contributed by atoms with Crippen LogP contribution >= 0.6 is 11.8 Å². The minimum absolute atomic E-state index is 0.361. The van der Waals surface area contributed by atoms with Crippen LogP contribution in [0.25, 0.3) is 11.3 Å². The molecule has 5 nitrogen and oxygen atoms in total. The average molecular weight is 347 g/mol. The smallest absolute Gasteiger partial charge is 0.187 e. The molecular weight excluding hydrogens is 320 g/mol. The van der Waals surface area contributed by atoms with E-state index in [0.717, 1.165) is 42.0 Å². The molecule has 1 fully saturated rings. The van der Waals surface area contributed by atoms with Crippen LogP contribution in [0, 0.1) is 5.92 Å². The number of nitrogens with zero attached hydrogens (tertiary/aromatic N) is 3. The molecule has 24 heavy (non-hydrogen) atoms. The monoisotopic (exact) mass is 346 g/mol. The molecule has 0 saturated carbocycles. The topological polar surface area (TPSA) is 67.3 Å². The van der Waals surface area contributed by atoms with Gasteiger partial charge in [-0.1, -0.05) is 49.0 Å². The second kappa shape index (κ2) is 8.05. The van der Waals surface area contributed by atoms with Gasteiger partial charge < -0.3 is 15.8 Å². The molecule has 1 aliphatic heterocycles. The van der Waals surface area contributed by atoms with Gasteiger partial charge in [-0.25, -0.2) is 9.66 Å². The maximum absolute atomic E-state index is 10.3. The Balaban J connectivity index is 1.52. The Morgan fingerprint density at radius 3 is 2.71 bits per heavy atom. The highest BCUT2D eigenvalue weighted by atomic mass is 32.2. The summed E-state index contributed by atoms with van der Waals surface area (Å²) in [6.07, 6.45) is 3.93. The minimum Gasteiger partial charge on any atom is -0.391 e. The summed E-state index contributed by atoms with van der Waals surface area (Å²) in [5.74, 6) is 7.43. The lowest BCUT2D eigenvalue weighted by molar-refractivity contribution is 0.105. The Morgan fingerprint density at radius 2 is 2.00 bits per heavy atom. The third kappa shape index (κ3) is 4.53. The molecule has 2 aromatic rings. The highest BCUT2D eigenvalue weighted by Crippen LogP contribution is 2.23. The van der Waals surface area contributed by atoms with E-state index in [4.69, 9.17) is 5.84 Å². The van der Waals surface area contributed by atoms with E-state index in [1.165, 1.54) is 24.6 Å². The third-order valence-electron chi connectivity index (χ3n) is 4.52. The summed E-state index contributed by atoms with van der Waals surface area (Å²) in [6.45, 7) is 5.21. The van der Waals surface area contributed by atoms with Gasteiger partial charge in [0.25, 0.3) is 0 Å². The first-order valence-corrected chi connectivity index (χ1v) is 9.53. The van der Waals surface area contributed by atoms with Gasteiger partial charge in [-0.05, 0) is 31.8 Å². The first kappa shape index (κ1) is 17.3. The van der Waals surface area contributed by atoms with Crippen molar-refractivity contribution >= 4 is 11.8 Å². The molecule has 1 aromatic carbocycles. The van der Waals surface area contributed by atoms with Crippen molar-refractivity contribution < 1.29 is 5.11 Å². The number of nitrogens with two attached hydrogens (primary N) is 1. The highest BCUT2D eigenvalue weighted by molar-refractivity contribution is 7.99. The number of likely N-dealkylation sites (tertiary alicyclic amines) is 1. The van der Waals surface area contributed by atoms with Crippen LogP contribution in [0.5, 0.6) is 0 Å². The molecule has 0 amide bonds. The van der Waals surface area contributed by atoms with E-state index >= 15 is 0 Å². The minimum atomic E-state index is -0.361. The predicted molar refractivity (Wildman–Crippen MR) is 99.4 cm³/mol. The molecule has 1 aliphatic rings. The highest BCUT2D eigenvalue weighted by Gasteiger charge is 2.19. The van der Waals surface area contributed by atoms with E-state index in [1.54, 1.807) is 4.68 Å². The van der Waals surface area contributed by atoms with Crippen molar-refractivity contribution in [1.82, 2.24) is 14.6 Å². The molecule has 1 unspecified atom stereocenters. The molecule has 0 aliphatic carbocycles. The number of hydrogen-bond donors (Lipinski definition) is 2. The average Bonchev–Trinajstić information content (AvgIpc) is 2.97. The van der Waals surface area contributed by atoms with Crippen LogP contribution in [0.3, 0.4) is 0 Å². The van der Waals surface area contributed by atoms with Crippen molar-refractivity contribution in [2.24, 2.45) is 5.92 Å². The van der Waals surface area contributed by atoms with Crippen molar-refractivity contribution in [2.45, 2.75) is 31.0 Å². The lowest BCUT2D eigenvalue weighted by Crippen LogP contribution is -2.39. The summed E-state index contributed by atoms with van der Waals surface area (Å²) in [7, 11) is 0. The zero-order valence-electron chi connectivity index (χ0n) is 14.1. The van der Waals surface area contributed by atoms with Crippen LogP contribution < -0.4 is 5.84 Å². The van der Waals surface area contributed by atoms with Crippen LogP contribution in [0.15, 0.2) is 41.7 Å². The van der Waals surface area contributed by atoms with E-state index in [2.05, 4.69) is 16.8 Å². The number of hydrogen-bond acceptors (Lipinski definition) is 5. The Kier molecular flexibility index (Phi) is 5.81. The van der Waals surface area contributed by atoms with Crippen LogP contribution in [0.4, 0.5) is 0 Å². The van der Waals surface area contributed by atoms with Gasteiger partial charge in [0.15, 0.2) is 5.16 Å². The van der Waals surface area contributed by atoms with Gasteiger partial charge in [0.1, 0.15) is 0 Å². The molecule has 0 spiro atoms. The first-order valence-electron chi connectivity index (χ1n) is 8.55. The number of piperidine rings is 1. The standard InChI is InChI=1S/C18H26N4OS/c1-14-7-9-21(10-8-14)11-16(23)13-24-18-20-17(12-22(18)19)15-5-3-2-4-6-15/h2-6,12,14,16,23H,7-11,13,19H2,1H3. The molecule has 130 valence electrons. The van der Waals surface area contributed by atoms with Crippen LogP contribution in [-0.4, -0.2) is 51.2 Å². The van der Waals surface area contributed by atoms with Gasteiger partial charge >= 0.3 is 0 Å². The Hall–Kier alpha value is -1.50. The number of thioether (sulfide) groups is 1. The maximum Gasteiger partial charge on any atom is 0.187 e. The summed E-state index contributed by atoms with van der Waals surface area (Å²) in [6, 6.07) is 9.99. The molecule has 2 heterocycles. The second-order valence-electron chi connectivity index (χ2n) is 6.63. The van der Waals surface area contributed by atoms with E-state index in [0.29, 0.717) is 5.75 Å². The molecule has 1 saturated heterocycles. The number of β-amino-alcohol motifs (C(OH)–C–C–N with tert-alkyl or cyclic N) is 1. The van der Waals surface area contributed by atoms with E-state index < -0.39 is 0 Å². The summed E-state index contributed by atoms with van der Waals surface area (Å²) < 4.78 is 1.54. The summed E-state index contributed by atoms with van der Waals surface area (Å²) in [5.41, 5.74) is 1.91. The number of aliphatic hydroxyl groups is 1. The largest absolute Gasteiger partial charge is 0.391 e. The predicted octanol–water partition coefficient (Wildman–Crippen LogP) is 2.45. The van der Waals surface area contributed by atoms with Gasteiger partial charge in [0.2, 0.25) is 0 Å². The number of nitrogen functional groups attached to an aromatic ring is 1. The van der Waals surface area contributed by atoms with Crippen LogP contribution in [-0.2, 0) is 0 Å². The van der Waals surface area contributed by atoms with Gasteiger partial charge in [0.05, 0.1) is 18.0 Å². The number of rotatable bonds is 6. The molecular formula is C18H26N4OS. The molecule has 3 N–H and O–H groups in total. The molecule has 6 heteroatoms. The first-order chi connectivity index (χ1) is 11.6. The molecule has 0 radical (unpaired) electrons. The van der Waals surface area contributed by atoms with Crippen molar-refractivity contribution in [3.05, 3.63) is 36.5 Å². The Labute approximate surface area is 147 Å². The molecule has 1 aromatic heterocycles. The molecule has 1 atom stereocenters. The van der Waals surface area contributed by atoms with Crippen molar-refractivity contribution in [2.75, 3.05) is 31.2 Å². The number of aromatic nitrogens is 2. The summed E-state index contributed by atoms with van der Waals surface area (Å²) in [5, 5.41) is 11.0. The summed E-state index contributed by atoms with van der Waals surface area (Å²) >= 11 is 1.51. The van der Waals surface area contributed by atoms with E-state index in [-0.39, 0.29) is 6.10 Å². The van der Waals surface area contributed by atoms with E-state index in [9.17, 15) is 5.11 Å². The second-order valence-corrected chi connectivity index (χ2v) is 7.62. The maximum atomic E-state index is 10.3. The third-order valence-corrected chi connectivity index (χ3v) is 5.63. The lowest BCUT2D eigenvalue weighted by Gasteiger charge is -2.31. The van der Waals surface area contributed by atoms with Crippen LogP contribution in [0.2, 0.25) is 0 Å².